The summed E-state index contributed by atoms with van der Waals surface area (Å²) in [5, 5.41) is 4.98. The van der Waals surface area contributed by atoms with Gasteiger partial charge in [-0.15, -0.1) is 0 Å². The first-order valence-electron chi connectivity index (χ1n) is 8.56. The van der Waals surface area contributed by atoms with Crippen LogP contribution in [0.25, 0.3) is 10.8 Å². The summed E-state index contributed by atoms with van der Waals surface area (Å²) in [5.41, 5.74) is 2.64. The predicted molar refractivity (Wildman–Crippen MR) is 102 cm³/mol. The number of hydrogen-bond donors (Lipinski definition) is 1. The van der Waals surface area contributed by atoms with Crippen LogP contribution >= 0.6 is 0 Å². The summed E-state index contributed by atoms with van der Waals surface area (Å²) in [5.74, 6) is -0.152. The van der Waals surface area contributed by atoms with E-state index in [0.29, 0.717) is 5.56 Å². The Balaban J connectivity index is 1.57. The molecule has 0 aliphatic rings. The Labute approximate surface area is 147 Å². The highest BCUT2D eigenvalue weighted by Crippen LogP contribution is 2.17. The molecule has 0 saturated heterocycles. The Bertz CT molecular complexity index is 897. The Morgan fingerprint density at radius 1 is 0.840 bits per heavy atom. The third kappa shape index (κ3) is 4.32. The fourth-order valence-electron chi connectivity index (χ4n) is 2.78. The fraction of sp³-hybridized carbons (Fsp3) is 0.182. The second-order valence-electron chi connectivity index (χ2n) is 6.08. The molecule has 0 aromatic heterocycles. The summed E-state index contributed by atoms with van der Waals surface area (Å²) in [6.07, 6.45) is 1.35. The second-order valence-corrected chi connectivity index (χ2v) is 6.08. The molecule has 3 aromatic rings. The molecule has 0 saturated carbocycles. The molecule has 0 atom stereocenters. The van der Waals surface area contributed by atoms with Gasteiger partial charge in [-0.1, -0.05) is 55.5 Å². The minimum absolute atomic E-state index is 0.0118. The van der Waals surface area contributed by atoms with E-state index in [1.165, 1.54) is 5.56 Å². The topological polar surface area (TPSA) is 46.2 Å². The van der Waals surface area contributed by atoms with Crippen molar-refractivity contribution in [3.05, 3.63) is 77.9 Å². The van der Waals surface area contributed by atoms with Gasteiger partial charge < -0.3 is 5.32 Å². The molecule has 3 rings (SSSR count). The van der Waals surface area contributed by atoms with E-state index < -0.39 is 0 Å². The number of carbonyl (C=O) groups excluding carboxylic acids is 2. The lowest BCUT2D eigenvalue weighted by molar-refractivity contribution is -0.116. The molecule has 1 amide bonds. The van der Waals surface area contributed by atoms with E-state index in [1.807, 2.05) is 66.7 Å². The lowest BCUT2D eigenvalue weighted by Crippen LogP contribution is -2.13. The minimum Gasteiger partial charge on any atom is -0.326 e. The number of carbonyl (C=O) groups is 2. The first kappa shape index (κ1) is 16.9. The van der Waals surface area contributed by atoms with Gasteiger partial charge in [-0.05, 0) is 41.0 Å². The zero-order valence-corrected chi connectivity index (χ0v) is 14.3. The molecule has 0 radical (unpaired) electrons. The summed E-state index contributed by atoms with van der Waals surface area (Å²) in [6, 6.07) is 21.4. The van der Waals surface area contributed by atoms with Crippen molar-refractivity contribution < 1.29 is 9.59 Å². The summed E-state index contributed by atoms with van der Waals surface area (Å²) in [6.45, 7) is 2.09. The SMILES string of the molecule is CCc1ccc(NC(=O)CCC(=O)c2ccc3ccccc3c2)cc1. The summed E-state index contributed by atoms with van der Waals surface area (Å²) >= 11 is 0. The number of nitrogens with one attached hydrogen (secondary N) is 1. The summed E-state index contributed by atoms with van der Waals surface area (Å²) < 4.78 is 0. The third-order valence-corrected chi connectivity index (χ3v) is 4.30. The Kier molecular flexibility index (Phi) is 5.24. The molecule has 0 aliphatic carbocycles. The predicted octanol–water partition coefficient (Wildman–Crippen LogP) is 5.00. The highest BCUT2D eigenvalue weighted by Gasteiger charge is 2.10. The number of fused-ring (bicyclic) bond motifs is 1. The average molecular weight is 331 g/mol. The van der Waals surface area contributed by atoms with Crippen molar-refractivity contribution in [2.24, 2.45) is 0 Å². The van der Waals surface area contributed by atoms with E-state index in [0.717, 1.165) is 22.9 Å². The van der Waals surface area contributed by atoms with Crippen molar-refractivity contribution in [2.45, 2.75) is 26.2 Å². The van der Waals surface area contributed by atoms with Gasteiger partial charge in [-0.3, -0.25) is 9.59 Å². The molecule has 0 spiro atoms. The smallest absolute Gasteiger partial charge is 0.224 e. The first-order chi connectivity index (χ1) is 12.2. The van der Waals surface area contributed by atoms with Crippen LogP contribution in [-0.4, -0.2) is 11.7 Å². The molecular formula is C22H21NO2. The van der Waals surface area contributed by atoms with Crippen LogP contribution < -0.4 is 5.32 Å². The van der Waals surface area contributed by atoms with E-state index in [4.69, 9.17) is 0 Å². The highest BCUT2D eigenvalue weighted by molar-refractivity contribution is 6.02. The van der Waals surface area contributed by atoms with Gasteiger partial charge in [-0.2, -0.15) is 0 Å². The normalized spacial score (nSPS) is 10.6. The van der Waals surface area contributed by atoms with Gasteiger partial charge in [0.25, 0.3) is 0 Å². The number of benzene rings is 3. The van der Waals surface area contributed by atoms with Gasteiger partial charge in [0.15, 0.2) is 5.78 Å². The molecule has 25 heavy (non-hydrogen) atoms. The number of ketones is 1. The Morgan fingerprint density at radius 3 is 2.28 bits per heavy atom. The number of hydrogen-bond acceptors (Lipinski definition) is 2. The van der Waals surface area contributed by atoms with Crippen molar-refractivity contribution in [1.82, 2.24) is 0 Å². The van der Waals surface area contributed by atoms with Crippen LogP contribution in [0.1, 0.15) is 35.7 Å². The minimum atomic E-state index is -0.140. The summed E-state index contributed by atoms with van der Waals surface area (Å²) in [4.78, 5) is 24.4. The van der Waals surface area contributed by atoms with Gasteiger partial charge in [-0.25, -0.2) is 0 Å². The molecule has 0 unspecified atom stereocenters. The van der Waals surface area contributed by atoms with E-state index in [9.17, 15) is 9.59 Å². The van der Waals surface area contributed by atoms with Gasteiger partial charge in [0, 0.05) is 24.1 Å². The van der Waals surface area contributed by atoms with Gasteiger partial charge in [0.1, 0.15) is 0 Å². The van der Waals surface area contributed by atoms with Gasteiger partial charge in [0.2, 0.25) is 5.91 Å². The van der Waals surface area contributed by atoms with E-state index in [2.05, 4.69) is 12.2 Å². The molecule has 0 aliphatic heterocycles. The van der Waals surface area contributed by atoms with Crippen molar-refractivity contribution in [1.29, 1.82) is 0 Å². The molecule has 126 valence electrons. The first-order valence-corrected chi connectivity index (χ1v) is 8.56. The molecule has 0 fully saturated rings. The van der Waals surface area contributed by atoms with Crippen molar-refractivity contribution >= 4 is 28.2 Å². The van der Waals surface area contributed by atoms with Crippen LogP contribution in [0.3, 0.4) is 0 Å². The van der Waals surface area contributed by atoms with E-state index >= 15 is 0 Å². The maximum atomic E-state index is 12.3. The lowest BCUT2D eigenvalue weighted by Gasteiger charge is -2.06. The van der Waals surface area contributed by atoms with Crippen molar-refractivity contribution in [3.8, 4) is 0 Å². The quantitative estimate of drug-likeness (QED) is 0.646. The van der Waals surface area contributed by atoms with Crippen LogP contribution in [0.4, 0.5) is 5.69 Å². The van der Waals surface area contributed by atoms with Crippen LogP contribution in [0.5, 0.6) is 0 Å². The Hall–Kier alpha value is -2.94. The molecular weight excluding hydrogens is 310 g/mol. The van der Waals surface area contributed by atoms with Crippen molar-refractivity contribution in [3.63, 3.8) is 0 Å². The monoisotopic (exact) mass is 331 g/mol. The average Bonchev–Trinajstić information content (AvgIpc) is 2.66. The van der Waals surface area contributed by atoms with Crippen molar-refractivity contribution in [2.75, 3.05) is 5.32 Å². The zero-order valence-electron chi connectivity index (χ0n) is 14.3. The van der Waals surface area contributed by atoms with Crippen LogP contribution in [-0.2, 0) is 11.2 Å². The van der Waals surface area contributed by atoms with Crippen LogP contribution in [0.2, 0.25) is 0 Å². The van der Waals surface area contributed by atoms with Gasteiger partial charge in [0.05, 0.1) is 0 Å². The number of rotatable bonds is 6. The number of aryl methyl sites for hydroxylation is 1. The molecule has 3 aromatic carbocycles. The maximum Gasteiger partial charge on any atom is 0.224 e. The van der Waals surface area contributed by atoms with Crippen LogP contribution in [0.15, 0.2) is 66.7 Å². The van der Waals surface area contributed by atoms with Gasteiger partial charge >= 0.3 is 0 Å². The highest BCUT2D eigenvalue weighted by atomic mass is 16.2. The molecule has 3 nitrogen and oxygen atoms in total. The standard InChI is InChI=1S/C22H21NO2/c1-2-16-7-11-20(12-8-16)23-22(25)14-13-21(24)19-10-9-17-5-3-4-6-18(17)15-19/h3-12,15H,2,13-14H2,1H3,(H,23,25). The molecule has 1 N–H and O–H groups in total. The van der Waals surface area contributed by atoms with E-state index in [1.54, 1.807) is 0 Å². The zero-order chi connectivity index (χ0) is 17.6. The maximum absolute atomic E-state index is 12.3. The number of Topliss-reactive ketones (excluding diaryl/α,β-unsaturated/α-hetero) is 1. The second kappa shape index (κ2) is 7.75. The lowest BCUT2D eigenvalue weighted by atomic mass is 10.0. The number of anilines is 1. The largest absolute Gasteiger partial charge is 0.326 e. The van der Waals surface area contributed by atoms with E-state index in [-0.39, 0.29) is 24.5 Å². The fourth-order valence-corrected chi connectivity index (χ4v) is 2.78. The number of amides is 1. The third-order valence-electron chi connectivity index (χ3n) is 4.30. The Morgan fingerprint density at radius 2 is 1.56 bits per heavy atom. The molecule has 3 heteroatoms. The summed E-state index contributed by atoms with van der Waals surface area (Å²) in [7, 11) is 0. The molecule has 0 heterocycles. The van der Waals surface area contributed by atoms with Crippen LogP contribution in [0, 0.1) is 0 Å². The molecule has 0 bridgehead atoms.